The van der Waals surface area contributed by atoms with Crippen molar-refractivity contribution < 1.29 is 22.7 Å². The van der Waals surface area contributed by atoms with Crippen molar-refractivity contribution in [2.24, 2.45) is 0 Å². The molecule has 9 heteroatoms. The first-order valence-electron chi connectivity index (χ1n) is 7.53. The summed E-state index contributed by atoms with van der Waals surface area (Å²) in [6.07, 6.45) is -2.81. The molecule has 0 aromatic carbocycles. The molecule has 6 nitrogen and oxygen atoms in total. The Kier molecular flexibility index (Phi) is 6.14. The smallest absolute Gasteiger partial charge is 0.378 e. The van der Waals surface area contributed by atoms with Crippen LogP contribution in [0.3, 0.4) is 0 Å². The average molecular weight is 346 g/mol. The highest BCUT2D eigenvalue weighted by Crippen LogP contribution is 2.20. The highest BCUT2D eigenvalue weighted by molar-refractivity contribution is 5.94. The van der Waals surface area contributed by atoms with Crippen LogP contribution in [-0.4, -0.2) is 73.3 Å². The van der Waals surface area contributed by atoms with Crippen LogP contribution in [-0.2, 0) is 16.1 Å². The summed E-state index contributed by atoms with van der Waals surface area (Å²) in [5.41, 5.74) is 0.942. The third-order valence-corrected chi connectivity index (χ3v) is 3.50. The standard InChI is InChI=1S/C15H21F3N4O2/c1-21(2)8-11-3-4-19-13(7-11)20-14(23)12-9-24-6-5-22(12)10-15(16,17)18/h3-4,7,12H,5-6,8-10H2,1-2H3,(H,19,20,23). The zero-order chi connectivity index (χ0) is 17.7. The van der Waals surface area contributed by atoms with Crippen molar-refractivity contribution in [2.45, 2.75) is 18.8 Å². The monoisotopic (exact) mass is 346 g/mol. The molecule has 0 spiro atoms. The molecule has 1 atom stereocenters. The lowest BCUT2D eigenvalue weighted by molar-refractivity contribution is -0.165. The van der Waals surface area contributed by atoms with E-state index in [1.165, 1.54) is 0 Å². The molecule has 2 heterocycles. The Morgan fingerprint density at radius 2 is 2.25 bits per heavy atom. The van der Waals surface area contributed by atoms with Gasteiger partial charge in [0.25, 0.3) is 0 Å². The Labute approximate surface area is 138 Å². The van der Waals surface area contributed by atoms with Gasteiger partial charge in [-0.1, -0.05) is 0 Å². The normalized spacial score (nSPS) is 19.5. The number of ether oxygens (including phenoxy) is 1. The van der Waals surface area contributed by atoms with Gasteiger partial charge in [0.15, 0.2) is 0 Å². The minimum Gasteiger partial charge on any atom is -0.378 e. The lowest BCUT2D eigenvalue weighted by Crippen LogP contribution is -2.54. The number of anilines is 1. The third kappa shape index (κ3) is 5.73. The maximum absolute atomic E-state index is 12.6. The zero-order valence-corrected chi connectivity index (χ0v) is 13.6. The van der Waals surface area contributed by atoms with E-state index in [1.54, 1.807) is 12.3 Å². The van der Waals surface area contributed by atoms with Crippen LogP contribution in [0.5, 0.6) is 0 Å². The van der Waals surface area contributed by atoms with E-state index in [0.717, 1.165) is 10.5 Å². The van der Waals surface area contributed by atoms with Gasteiger partial charge in [-0.05, 0) is 31.8 Å². The Hall–Kier alpha value is -1.71. The molecule has 1 fully saturated rings. The van der Waals surface area contributed by atoms with Crippen molar-refractivity contribution in [3.63, 3.8) is 0 Å². The molecule has 0 bridgehead atoms. The fourth-order valence-electron chi connectivity index (χ4n) is 2.51. The number of carbonyl (C=O) groups excluding carboxylic acids is 1. The second kappa shape index (κ2) is 7.91. The van der Waals surface area contributed by atoms with Gasteiger partial charge in [-0.25, -0.2) is 4.98 Å². The van der Waals surface area contributed by atoms with Gasteiger partial charge in [0, 0.05) is 19.3 Å². The number of halogens is 3. The van der Waals surface area contributed by atoms with Gasteiger partial charge < -0.3 is 15.0 Å². The van der Waals surface area contributed by atoms with Crippen LogP contribution in [0.4, 0.5) is 19.0 Å². The molecule has 24 heavy (non-hydrogen) atoms. The summed E-state index contributed by atoms with van der Waals surface area (Å²) in [5.74, 6) is -0.231. The van der Waals surface area contributed by atoms with Crippen LogP contribution in [0.2, 0.25) is 0 Å². The van der Waals surface area contributed by atoms with E-state index < -0.39 is 24.7 Å². The first-order chi connectivity index (χ1) is 11.2. The molecule has 1 saturated heterocycles. The Bertz CT molecular complexity index is 566. The van der Waals surface area contributed by atoms with Crippen molar-refractivity contribution in [3.05, 3.63) is 23.9 Å². The summed E-state index contributed by atoms with van der Waals surface area (Å²) < 4.78 is 43.1. The molecule has 0 saturated carbocycles. The fraction of sp³-hybridized carbons (Fsp3) is 0.600. The van der Waals surface area contributed by atoms with E-state index in [1.807, 2.05) is 25.1 Å². The molecule has 1 amide bonds. The molecule has 0 radical (unpaired) electrons. The topological polar surface area (TPSA) is 57.7 Å². The summed E-state index contributed by atoms with van der Waals surface area (Å²) in [7, 11) is 3.82. The fourth-order valence-corrected chi connectivity index (χ4v) is 2.51. The molecule has 0 aliphatic carbocycles. The minimum absolute atomic E-state index is 0.0612. The Morgan fingerprint density at radius 1 is 1.50 bits per heavy atom. The summed E-state index contributed by atoms with van der Waals surface area (Å²) >= 11 is 0. The van der Waals surface area contributed by atoms with E-state index in [0.29, 0.717) is 12.4 Å². The number of morpholine rings is 1. The van der Waals surface area contributed by atoms with Gasteiger partial charge >= 0.3 is 6.18 Å². The lowest BCUT2D eigenvalue weighted by Gasteiger charge is -2.34. The van der Waals surface area contributed by atoms with Crippen molar-refractivity contribution in [1.29, 1.82) is 0 Å². The molecule has 1 aromatic rings. The number of amides is 1. The summed E-state index contributed by atoms with van der Waals surface area (Å²) in [4.78, 5) is 19.4. The van der Waals surface area contributed by atoms with Crippen LogP contribution >= 0.6 is 0 Å². The van der Waals surface area contributed by atoms with Gasteiger partial charge in [0.2, 0.25) is 5.91 Å². The number of nitrogens with zero attached hydrogens (tertiary/aromatic N) is 3. The summed E-state index contributed by atoms with van der Waals surface area (Å²) in [5, 5.41) is 2.58. The predicted molar refractivity (Wildman–Crippen MR) is 82.5 cm³/mol. The van der Waals surface area contributed by atoms with E-state index in [-0.39, 0.29) is 19.8 Å². The number of pyridine rings is 1. The second-order valence-electron chi connectivity index (χ2n) is 5.95. The van der Waals surface area contributed by atoms with E-state index in [2.05, 4.69) is 10.3 Å². The van der Waals surface area contributed by atoms with E-state index in [9.17, 15) is 18.0 Å². The molecule has 1 unspecified atom stereocenters. The number of hydrogen-bond acceptors (Lipinski definition) is 5. The van der Waals surface area contributed by atoms with E-state index in [4.69, 9.17) is 4.74 Å². The largest absolute Gasteiger partial charge is 0.401 e. The second-order valence-corrected chi connectivity index (χ2v) is 5.95. The average Bonchev–Trinajstić information content (AvgIpc) is 2.45. The Balaban J connectivity index is 2.04. The summed E-state index contributed by atoms with van der Waals surface area (Å²) in [6.45, 7) is -0.303. The highest BCUT2D eigenvalue weighted by atomic mass is 19.4. The summed E-state index contributed by atoms with van der Waals surface area (Å²) in [6, 6.07) is 2.53. The molecule has 2 rings (SSSR count). The highest BCUT2D eigenvalue weighted by Gasteiger charge is 2.38. The minimum atomic E-state index is -4.36. The van der Waals surface area contributed by atoms with Crippen LogP contribution in [0.1, 0.15) is 5.56 Å². The van der Waals surface area contributed by atoms with Gasteiger partial charge in [0.1, 0.15) is 11.9 Å². The van der Waals surface area contributed by atoms with Crippen molar-refractivity contribution in [2.75, 3.05) is 45.7 Å². The van der Waals surface area contributed by atoms with Gasteiger partial charge in [0.05, 0.1) is 19.8 Å². The lowest BCUT2D eigenvalue weighted by atomic mass is 10.2. The number of aromatic nitrogens is 1. The van der Waals surface area contributed by atoms with Crippen LogP contribution in [0, 0.1) is 0 Å². The quantitative estimate of drug-likeness (QED) is 0.872. The number of carbonyl (C=O) groups is 1. The number of nitrogens with one attached hydrogen (secondary N) is 1. The van der Waals surface area contributed by atoms with E-state index >= 15 is 0 Å². The molecule has 134 valence electrons. The van der Waals surface area contributed by atoms with Crippen molar-refractivity contribution in [1.82, 2.24) is 14.8 Å². The van der Waals surface area contributed by atoms with Crippen LogP contribution in [0.15, 0.2) is 18.3 Å². The molecular formula is C15H21F3N4O2. The van der Waals surface area contributed by atoms with Gasteiger partial charge in [-0.2, -0.15) is 13.2 Å². The maximum atomic E-state index is 12.6. The molecular weight excluding hydrogens is 325 g/mol. The molecule has 1 aliphatic heterocycles. The zero-order valence-electron chi connectivity index (χ0n) is 13.6. The predicted octanol–water partition coefficient (Wildman–Crippen LogP) is 1.34. The number of alkyl halides is 3. The van der Waals surface area contributed by atoms with Crippen molar-refractivity contribution in [3.8, 4) is 0 Å². The van der Waals surface area contributed by atoms with Gasteiger partial charge in [-0.15, -0.1) is 0 Å². The first-order valence-corrected chi connectivity index (χ1v) is 7.53. The molecule has 1 aliphatic rings. The number of rotatable bonds is 5. The van der Waals surface area contributed by atoms with Crippen LogP contribution < -0.4 is 5.32 Å². The SMILES string of the molecule is CN(C)Cc1ccnc(NC(=O)C2COCCN2CC(F)(F)F)c1. The maximum Gasteiger partial charge on any atom is 0.401 e. The van der Waals surface area contributed by atoms with Gasteiger partial charge in [-0.3, -0.25) is 9.69 Å². The third-order valence-electron chi connectivity index (χ3n) is 3.50. The number of hydrogen-bond donors (Lipinski definition) is 1. The Morgan fingerprint density at radius 3 is 2.92 bits per heavy atom. The van der Waals surface area contributed by atoms with Crippen molar-refractivity contribution >= 4 is 11.7 Å². The van der Waals surface area contributed by atoms with Crippen LogP contribution in [0.25, 0.3) is 0 Å². The molecule has 1 aromatic heterocycles. The first kappa shape index (κ1) is 18.6. The molecule has 1 N–H and O–H groups in total.